The van der Waals surface area contributed by atoms with Crippen LogP contribution in [0.1, 0.15) is 19.8 Å². The SMILES string of the molecule is CCNC(=O)CN1CCN(C(=O)C2CCOCC2)CC1. The molecule has 2 saturated heterocycles. The number of likely N-dealkylation sites (N-methyl/N-ethyl adjacent to an activating group) is 1. The summed E-state index contributed by atoms with van der Waals surface area (Å²) in [6.07, 6.45) is 1.69. The molecule has 0 spiro atoms. The Morgan fingerprint density at radius 1 is 1.15 bits per heavy atom. The van der Waals surface area contributed by atoms with Crippen LogP contribution < -0.4 is 5.32 Å². The summed E-state index contributed by atoms with van der Waals surface area (Å²) in [5.41, 5.74) is 0. The second-order valence-corrected chi connectivity index (χ2v) is 5.44. The first-order valence-electron chi connectivity index (χ1n) is 7.56. The van der Waals surface area contributed by atoms with E-state index in [0.29, 0.717) is 26.3 Å². The van der Waals surface area contributed by atoms with Crippen LogP contribution in [0.3, 0.4) is 0 Å². The fourth-order valence-corrected chi connectivity index (χ4v) is 2.79. The summed E-state index contributed by atoms with van der Waals surface area (Å²) < 4.78 is 5.30. The minimum absolute atomic E-state index is 0.0664. The van der Waals surface area contributed by atoms with E-state index in [1.54, 1.807) is 0 Å². The number of nitrogens with zero attached hydrogens (tertiary/aromatic N) is 2. The highest BCUT2D eigenvalue weighted by atomic mass is 16.5. The van der Waals surface area contributed by atoms with Gasteiger partial charge in [0.1, 0.15) is 0 Å². The van der Waals surface area contributed by atoms with Gasteiger partial charge in [0, 0.05) is 51.9 Å². The molecule has 2 aliphatic heterocycles. The molecular formula is C14H25N3O3. The fourth-order valence-electron chi connectivity index (χ4n) is 2.79. The van der Waals surface area contributed by atoms with Crippen molar-refractivity contribution >= 4 is 11.8 Å². The smallest absolute Gasteiger partial charge is 0.234 e. The molecule has 0 aromatic carbocycles. The van der Waals surface area contributed by atoms with Crippen LogP contribution in [0.25, 0.3) is 0 Å². The van der Waals surface area contributed by atoms with Crippen LogP contribution >= 0.6 is 0 Å². The first kappa shape index (κ1) is 15.3. The molecule has 2 heterocycles. The van der Waals surface area contributed by atoms with E-state index in [1.165, 1.54) is 0 Å². The molecule has 0 aliphatic carbocycles. The molecule has 0 radical (unpaired) electrons. The van der Waals surface area contributed by atoms with Crippen molar-refractivity contribution in [3.8, 4) is 0 Å². The molecule has 0 saturated carbocycles. The Bertz CT molecular complexity index is 335. The summed E-state index contributed by atoms with van der Waals surface area (Å²) in [7, 11) is 0. The standard InChI is InChI=1S/C14H25N3O3/c1-2-15-13(18)11-16-5-7-17(8-6-16)14(19)12-3-9-20-10-4-12/h12H,2-11H2,1H3,(H,15,18). The fraction of sp³-hybridized carbons (Fsp3) is 0.857. The number of piperazine rings is 1. The van der Waals surface area contributed by atoms with Gasteiger partial charge in [0.25, 0.3) is 0 Å². The number of amides is 2. The number of hydrogen-bond donors (Lipinski definition) is 1. The van der Waals surface area contributed by atoms with Gasteiger partial charge in [-0.3, -0.25) is 14.5 Å². The maximum absolute atomic E-state index is 12.4. The van der Waals surface area contributed by atoms with Gasteiger partial charge in [0.2, 0.25) is 11.8 Å². The summed E-state index contributed by atoms with van der Waals surface area (Å²) >= 11 is 0. The Hall–Kier alpha value is -1.14. The van der Waals surface area contributed by atoms with E-state index in [9.17, 15) is 9.59 Å². The van der Waals surface area contributed by atoms with E-state index in [0.717, 1.165) is 39.0 Å². The quantitative estimate of drug-likeness (QED) is 0.769. The normalized spacial score (nSPS) is 21.8. The van der Waals surface area contributed by atoms with Gasteiger partial charge in [-0.2, -0.15) is 0 Å². The molecule has 1 N–H and O–H groups in total. The van der Waals surface area contributed by atoms with Gasteiger partial charge in [-0.1, -0.05) is 0 Å². The van der Waals surface area contributed by atoms with Crippen molar-refractivity contribution in [2.75, 3.05) is 52.5 Å². The van der Waals surface area contributed by atoms with Gasteiger partial charge >= 0.3 is 0 Å². The molecule has 0 atom stereocenters. The molecule has 2 amide bonds. The molecule has 20 heavy (non-hydrogen) atoms. The lowest BCUT2D eigenvalue weighted by atomic mass is 9.98. The van der Waals surface area contributed by atoms with Crippen molar-refractivity contribution in [2.24, 2.45) is 5.92 Å². The molecule has 0 unspecified atom stereocenters. The van der Waals surface area contributed by atoms with E-state index in [-0.39, 0.29) is 17.7 Å². The molecule has 2 aliphatic rings. The second kappa shape index (κ2) is 7.59. The Labute approximate surface area is 120 Å². The lowest BCUT2D eigenvalue weighted by molar-refractivity contribution is -0.140. The first-order valence-corrected chi connectivity index (χ1v) is 7.56. The lowest BCUT2D eigenvalue weighted by Gasteiger charge is -2.36. The minimum Gasteiger partial charge on any atom is -0.381 e. The molecule has 6 heteroatoms. The molecule has 2 rings (SSSR count). The van der Waals surface area contributed by atoms with Crippen LogP contribution in [0.5, 0.6) is 0 Å². The summed E-state index contributed by atoms with van der Waals surface area (Å²) in [5, 5.41) is 2.80. The van der Waals surface area contributed by atoms with Gasteiger partial charge in [-0.25, -0.2) is 0 Å². The summed E-state index contributed by atoms with van der Waals surface area (Å²) in [4.78, 5) is 27.9. The zero-order chi connectivity index (χ0) is 14.4. The van der Waals surface area contributed by atoms with Crippen molar-refractivity contribution in [1.29, 1.82) is 0 Å². The topological polar surface area (TPSA) is 61.9 Å². The van der Waals surface area contributed by atoms with Crippen molar-refractivity contribution in [3.63, 3.8) is 0 Å². The van der Waals surface area contributed by atoms with Gasteiger partial charge in [0.15, 0.2) is 0 Å². The maximum Gasteiger partial charge on any atom is 0.234 e. The number of hydrogen-bond acceptors (Lipinski definition) is 4. The molecular weight excluding hydrogens is 258 g/mol. The van der Waals surface area contributed by atoms with Crippen LogP contribution in [0, 0.1) is 5.92 Å². The number of carbonyl (C=O) groups is 2. The van der Waals surface area contributed by atoms with E-state index in [4.69, 9.17) is 4.74 Å². The van der Waals surface area contributed by atoms with E-state index >= 15 is 0 Å². The maximum atomic E-state index is 12.4. The van der Waals surface area contributed by atoms with Gasteiger partial charge in [-0.15, -0.1) is 0 Å². The third kappa shape index (κ3) is 4.18. The number of nitrogens with one attached hydrogen (secondary N) is 1. The average molecular weight is 283 g/mol. The number of ether oxygens (including phenoxy) is 1. The third-order valence-corrected chi connectivity index (χ3v) is 4.00. The van der Waals surface area contributed by atoms with Crippen molar-refractivity contribution in [2.45, 2.75) is 19.8 Å². The van der Waals surface area contributed by atoms with Crippen molar-refractivity contribution in [3.05, 3.63) is 0 Å². The zero-order valence-electron chi connectivity index (χ0n) is 12.3. The van der Waals surface area contributed by atoms with E-state index < -0.39 is 0 Å². The highest BCUT2D eigenvalue weighted by Gasteiger charge is 2.29. The Kier molecular flexibility index (Phi) is 5.79. The number of rotatable bonds is 4. The van der Waals surface area contributed by atoms with E-state index in [1.807, 2.05) is 11.8 Å². The average Bonchev–Trinajstić information content (AvgIpc) is 2.48. The van der Waals surface area contributed by atoms with Gasteiger partial charge in [0.05, 0.1) is 6.54 Å². The van der Waals surface area contributed by atoms with Crippen LogP contribution in [0.4, 0.5) is 0 Å². The molecule has 6 nitrogen and oxygen atoms in total. The Morgan fingerprint density at radius 3 is 2.40 bits per heavy atom. The summed E-state index contributed by atoms with van der Waals surface area (Å²) in [6.45, 7) is 7.46. The third-order valence-electron chi connectivity index (χ3n) is 4.00. The van der Waals surface area contributed by atoms with Crippen LogP contribution in [0.2, 0.25) is 0 Å². The monoisotopic (exact) mass is 283 g/mol. The van der Waals surface area contributed by atoms with Crippen LogP contribution in [-0.4, -0.2) is 74.1 Å². The van der Waals surface area contributed by atoms with Crippen LogP contribution in [0.15, 0.2) is 0 Å². The predicted molar refractivity (Wildman–Crippen MR) is 75.2 cm³/mol. The number of carbonyl (C=O) groups excluding carboxylic acids is 2. The summed E-state index contributed by atoms with van der Waals surface area (Å²) in [5.74, 6) is 0.473. The molecule has 2 fully saturated rings. The Balaban J connectivity index is 1.73. The summed E-state index contributed by atoms with van der Waals surface area (Å²) in [6, 6.07) is 0. The zero-order valence-corrected chi connectivity index (χ0v) is 12.3. The second-order valence-electron chi connectivity index (χ2n) is 5.44. The molecule has 0 aromatic rings. The lowest BCUT2D eigenvalue weighted by Crippen LogP contribution is -2.52. The Morgan fingerprint density at radius 2 is 1.80 bits per heavy atom. The molecule has 0 aromatic heterocycles. The minimum atomic E-state index is 0.0664. The predicted octanol–water partition coefficient (Wildman–Crippen LogP) is -0.307. The van der Waals surface area contributed by atoms with Gasteiger partial charge in [-0.05, 0) is 19.8 Å². The largest absolute Gasteiger partial charge is 0.381 e. The van der Waals surface area contributed by atoms with Crippen LogP contribution in [-0.2, 0) is 14.3 Å². The first-order chi connectivity index (χ1) is 9.70. The van der Waals surface area contributed by atoms with Crippen molar-refractivity contribution < 1.29 is 14.3 Å². The van der Waals surface area contributed by atoms with E-state index in [2.05, 4.69) is 10.2 Å². The molecule has 114 valence electrons. The highest BCUT2D eigenvalue weighted by Crippen LogP contribution is 2.18. The van der Waals surface area contributed by atoms with Gasteiger partial charge < -0.3 is 15.0 Å². The van der Waals surface area contributed by atoms with Crippen molar-refractivity contribution in [1.82, 2.24) is 15.1 Å². The molecule has 0 bridgehead atoms. The highest BCUT2D eigenvalue weighted by molar-refractivity contribution is 5.79.